The van der Waals surface area contributed by atoms with E-state index in [0.717, 1.165) is 0 Å². The molecule has 0 aliphatic rings. The molecule has 0 unspecified atom stereocenters. The first-order chi connectivity index (χ1) is 5.04. The van der Waals surface area contributed by atoms with Gasteiger partial charge in [-0.25, -0.2) is 0 Å². The van der Waals surface area contributed by atoms with Gasteiger partial charge in [-0.05, 0) is 14.2 Å². The molecule has 0 aliphatic heterocycles. The van der Waals surface area contributed by atoms with Gasteiger partial charge in [-0.2, -0.15) is 0 Å². The number of hydrogen-bond donors (Lipinski definition) is 0. The minimum atomic E-state index is -0.720. The van der Waals surface area contributed by atoms with Crippen molar-refractivity contribution < 1.29 is 14.2 Å². The Morgan fingerprint density at radius 3 is 1.67 bits per heavy atom. The van der Waals surface area contributed by atoms with Gasteiger partial charge < -0.3 is 15.6 Å². The number of aromatic nitrogens is 3. The maximum absolute atomic E-state index is 10.6. The van der Waals surface area contributed by atoms with E-state index in [1.165, 1.54) is 0 Å². The summed E-state index contributed by atoms with van der Waals surface area (Å²) in [5.74, 6) is 0. The SMILES string of the molecule is [KH].[O-][n+]1c[n+]([O-])c(Cl)[n+]([O-])c1Cl. The van der Waals surface area contributed by atoms with Crippen molar-refractivity contribution in [1.29, 1.82) is 0 Å². The Kier molecular flexibility index (Phi) is 5.00. The van der Waals surface area contributed by atoms with E-state index in [9.17, 15) is 15.6 Å². The van der Waals surface area contributed by atoms with Crippen molar-refractivity contribution in [2.24, 2.45) is 0 Å². The first kappa shape index (κ1) is 12.6. The quantitative estimate of drug-likeness (QED) is 0.305. The normalized spacial score (nSPS) is 9.17. The second-order valence-electron chi connectivity index (χ2n) is 1.60. The largest absolute Gasteiger partial charge is 0.609 e. The number of nitrogens with zero attached hydrogens (tertiary/aromatic N) is 3. The van der Waals surface area contributed by atoms with Gasteiger partial charge in [0.2, 0.25) is 0 Å². The Hall–Kier alpha value is 0.626. The summed E-state index contributed by atoms with van der Waals surface area (Å²) in [6, 6.07) is 0. The third-order valence-corrected chi connectivity index (χ3v) is 1.55. The summed E-state index contributed by atoms with van der Waals surface area (Å²) >= 11 is 10.2. The average molecular weight is 238 g/mol. The Morgan fingerprint density at radius 1 is 1.00 bits per heavy atom. The summed E-state index contributed by atoms with van der Waals surface area (Å²) in [7, 11) is 0. The molecule has 0 aromatic carbocycles. The Bertz CT molecular complexity index is 283. The van der Waals surface area contributed by atoms with E-state index in [1.54, 1.807) is 0 Å². The molecule has 62 valence electrons. The van der Waals surface area contributed by atoms with Gasteiger partial charge in [0.15, 0.2) is 0 Å². The summed E-state index contributed by atoms with van der Waals surface area (Å²) in [5, 5.41) is 30.2. The van der Waals surface area contributed by atoms with Crippen LogP contribution in [0.4, 0.5) is 0 Å². The second-order valence-corrected chi connectivity index (χ2v) is 2.28. The number of hydrogen-bond acceptors (Lipinski definition) is 3. The van der Waals surface area contributed by atoms with Crippen LogP contribution in [0.3, 0.4) is 0 Å². The molecule has 1 rings (SSSR count). The molecule has 0 amide bonds. The molecule has 12 heavy (non-hydrogen) atoms. The van der Waals surface area contributed by atoms with Crippen LogP contribution >= 0.6 is 23.2 Å². The Labute approximate surface area is 119 Å². The molecule has 0 radical (unpaired) electrons. The molecule has 0 spiro atoms. The first-order valence-corrected chi connectivity index (χ1v) is 3.09. The molecule has 0 aliphatic carbocycles. The summed E-state index contributed by atoms with van der Waals surface area (Å²) in [5.41, 5.74) is 0. The zero-order valence-electron chi connectivity index (χ0n) is 4.90. The molecular weight excluding hydrogens is 236 g/mol. The van der Waals surface area contributed by atoms with Crippen LogP contribution in [-0.4, -0.2) is 51.4 Å². The summed E-state index contributed by atoms with van der Waals surface area (Å²) < 4.78 is -0.357. The van der Waals surface area contributed by atoms with Gasteiger partial charge in [0.1, 0.15) is 0 Å². The van der Waals surface area contributed by atoms with Crippen molar-refractivity contribution in [2.75, 3.05) is 0 Å². The molecule has 9 heteroatoms. The molecule has 0 fully saturated rings. The molecule has 1 heterocycles. The van der Waals surface area contributed by atoms with E-state index < -0.39 is 10.6 Å². The molecule has 1 aromatic rings. The maximum atomic E-state index is 10.6. The van der Waals surface area contributed by atoms with Crippen LogP contribution < -0.4 is 14.2 Å². The van der Waals surface area contributed by atoms with Crippen molar-refractivity contribution >= 4 is 74.6 Å². The molecule has 0 atom stereocenters. The van der Waals surface area contributed by atoms with Crippen LogP contribution in [0.5, 0.6) is 0 Å². The van der Waals surface area contributed by atoms with Crippen molar-refractivity contribution in [3.63, 3.8) is 0 Å². The minimum absolute atomic E-state index is 0. The van der Waals surface area contributed by atoms with E-state index in [0.29, 0.717) is 6.33 Å². The molecule has 1 aromatic heterocycles. The smallest absolute Gasteiger partial charge is 0.554 e. The summed E-state index contributed by atoms with van der Waals surface area (Å²) in [4.78, 5) is 0. The van der Waals surface area contributed by atoms with Crippen LogP contribution in [0.25, 0.3) is 0 Å². The Morgan fingerprint density at radius 2 is 1.33 bits per heavy atom. The molecule has 0 N–H and O–H groups in total. The van der Waals surface area contributed by atoms with Crippen LogP contribution in [0.2, 0.25) is 10.6 Å². The average Bonchev–Trinajstić information content (AvgIpc) is 1.97. The van der Waals surface area contributed by atoms with E-state index in [1.807, 2.05) is 0 Å². The van der Waals surface area contributed by atoms with Crippen molar-refractivity contribution in [3.05, 3.63) is 32.5 Å². The molecule has 0 saturated heterocycles. The third kappa shape index (κ3) is 2.31. The topological polar surface area (TPSA) is 80.8 Å². The van der Waals surface area contributed by atoms with Crippen molar-refractivity contribution in [1.82, 2.24) is 0 Å². The second kappa shape index (κ2) is 4.75. The van der Waals surface area contributed by atoms with Crippen molar-refractivity contribution in [3.8, 4) is 0 Å². The fourth-order valence-electron chi connectivity index (χ4n) is 0.446. The fourth-order valence-corrected chi connectivity index (χ4v) is 0.736. The Balaban J connectivity index is 0.00000121. The van der Waals surface area contributed by atoms with E-state index >= 15 is 0 Å². The van der Waals surface area contributed by atoms with E-state index in [4.69, 9.17) is 23.2 Å². The third-order valence-electron chi connectivity index (χ3n) is 0.909. The summed E-state index contributed by atoms with van der Waals surface area (Å²) in [6.07, 6.45) is 0.499. The molecule has 0 saturated carbocycles. The van der Waals surface area contributed by atoms with Crippen molar-refractivity contribution in [2.45, 2.75) is 0 Å². The fraction of sp³-hybridized carbons (Fsp3) is 0. The standard InChI is InChI=1S/C3HCl2N3O3.K.H/c4-2-6(9)1-7(10)3(5)8(2)11;;/h1H;;. The van der Waals surface area contributed by atoms with Crippen LogP contribution in [-0.2, 0) is 0 Å². The van der Waals surface area contributed by atoms with Gasteiger partial charge >= 0.3 is 68.3 Å². The predicted octanol–water partition coefficient (Wildman–Crippen LogP) is -1.75. The van der Waals surface area contributed by atoms with Crippen LogP contribution in [0.1, 0.15) is 0 Å². The number of halogens is 2. The molecule has 6 nitrogen and oxygen atoms in total. The van der Waals surface area contributed by atoms with Gasteiger partial charge in [-0.3, -0.25) is 0 Å². The number of rotatable bonds is 0. The predicted molar refractivity (Wildman–Crippen MR) is 40.5 cm³/mol. The van der Waals surface area contributed by atoms with Crippen LogP contribution in [0, 0.1) is 15.6 Å². The maximum Gasteiger partial charge on any atom is 0.554 e. The summed E-state index contributed by atoms with van der Waals surface area (Å²) in [6.45, 7) is 0. The zero-order chi connectivity index (χ0) is 8.59. The molecule has 0 bridgehead atoms. The first-order valence-electron chi connectivity index (χ1n) is 2.34. The van der Waals surface area contributed by atoms with Gasteiger partial charge in [0.25, 0.3) is 0 Å². The minimum Gasteiger partial charge on any atom is -0.609 e. The zero-order valence-corrected chi connectivity index (χ0v) is 6.41. The van der Waals surface area contributed by atoms with Gasteiger partial charge in [-0.1, -0.05) is 0 Å². The van der Waals surface area contributed by atoms with Gasteiger partial charge in [-0.15, -0.1) is 0 Å². The monoisotopic (exact) mass is 237 g/mol. The molecular formula is C3H2Cl2KN3O3. The van der Waals surface area contributed by atoms with Crippen LogP contribution in [0.15, 0.2) is 6.33 Å². The van der Waals surface area contributed by atoms with E-state index in [2.05, 4.69) is 0 Å². The van der Waals surface area contributed by atoms with Gasteiger partial charge in [0.05, 0.1) is 23.2 Å². The van der Waals surface area contributed by atoms with Gasteiger partial charge in [0, 0.05) is 0 Å². The van der Waals surface area contributed by atoms with E-state index in [-0.39, 0.29) is 65.6 Å².